The summed E-state index contributed by atoms with van der Waals surface area (Å²) in [5.41, 5.74) is 4.37. The first kappa shape index (κ1) is 11.5. The molecule has 0 radical (unpaired) electrons. The van der Waals surface area contributed by atoms with E-state index in [-0.39, 0.29) is 0 Å². The number of hydrogen-bond donors (Lipinski definition) is 1. The van der Waals surface area contributed by atoms with Gasteiger partial charge in [0.05, 0.1) is 0 Å². The van der Waals surface area contributed by atoms with Gasteiger partial charge in [-0.2, -0.15) is 0 Å². The number of ether oxygens (including phenoxy) is 1. The normalized spacial score (nSPS) is 16.4. The van der Waals surface area contributed by atoms with Crippen LogP contribution >= 0.6 is 0 Å². The van der Waals surface area contributed by atoms with Crippen LogP contribution in [0.25, 0.3) is 0 Å². The Morgan fingerprint density at radius 3 is 3.12 bits per heavy atom. The van der Waals surface area contributed by atoms with E-state index in [1.165, 1.54) is 29.7 Å². The minimum atomic E-state index is 0.592. The summed E-state index contributed by atoms with van der Waals surface area (Å²) >= 11 is 0. The van der Waals surface area contributed by atoms with Crippen LogP contribution in [0.4, 0.5) is 5.69 Å². The average Bonchev–Trinajstić information content (AvgIpc) is 2.35. The summed E-state index contributed by atoms with van der Waals surface area (Å²) in [7, 11) is 1.77. The third kappa shape index (κ3) is 2.38. The van der Waals surface area contributed by atoms with Gasteiger partial charge in [-0.3, -0.25) is 0 Å². The van der Waals surface area contributed by atoms with Crippen LogP contribution in [0.1, 0.15) is 36.8 Å². The van der Waals surface area contributed by atoms with Crippen molar-refractivity contribution in [3.05, 3.63) is 29.3 Å². The molecule has 2 nitrogen and oxygen atoms in total. The lowest BCUT2D eigenvalue weighted by Crippen LogP contribution is -2.14. The van der Waals surface area contributed by atoms with Gasteiger partial charge in [0.25, 0.3) is 0 Å². The fourth-order valence-corrected chi connectivity index (χ4v) is 2.45. The van der Waals surface area contributed by atoms with Crippen LogP contribution in [0.15, 0.2) is 18.2 Å². The van der Waals surface area contributed by atoms with Gasteiger partial charge >= 0.3 is 0 Å². The molecule has 2 heteroatoms. The van der Waals surface area contributed by atoms with Crippen molar-refractivity contribution in [3.63, 3.8) is 0 Å². The first-order valence-electron chi connectivity index (χ1n) is 6.17. The maximum atomic E-state index is 5.16. The SMILES string of the molecule is COCCC(C)c1cccc2c1CCCN2. The second kappa shape index (κ2) is 5.35. The van der Waals surface area contributed by atoms with Crippen molar-refractivity contribution in [3.8, 4) is 0 Å². The van der Waals surface area contributed by atoms with Gasteiger partial charge in [0.1, 0.15) is 0 Å². The molecule has 0 fully saturated rings. The molecule has 1 N–H and O–H groups in total. The third-order valence-corrected chi connectivity index (χ3v) is 3.42. The number of rotatable bonds is 4. The van der Waals surface area contributed by atoms with Gasteiger partial charge in [-0.15, -0.1) is 0 Å². The molecule has 1 aliphatic heterocycles. The van der Waals surface area contributed by atoms with Gasteiger partial charge in [0.15, 0.2) is 0 Å². The number of nitrogens with one attached hydrogen (secondary N) is 1. The minimum absolute atomic E-state index is 0.592. The zero-order valence-electron chi connectivity index (χ0n) is 10.3. The lowest BCUT2D eigenvalue weighted by molar-refractivity contribution is 0.189. The minimum Gasteiger partial charge on any atom is -0.385 e. The molecule has 1 aromatic carbocycles. The molecule has 0 aromatic heterocycles. The van der Waals surface area contributed by atoms with E-state index >= 15 is 0 Å². The van der Waals surface area contributed by atoms with Crippen molar-refractivity contribution in [1.29, 1.82) is 0 Å². The van der Waals surface area contributed by atoms with Crippen LogP contribution in [0.3, 0.4) is 0 Å². The van der Waals surface area contributed by atoms with Crippen molar-refractivity contribution in [2.24, 2.45) is 0 Å². The standard InChI is InChI=1S/C14H21NO/c1-11(8-10-16-2)12-5-3-7-14-13(12)6-4-9-15-14/h3,5,7,11,15H,4,6,8-10H2,1-2H3. The highest BCUT2D eigenvalue weighted by Gasteiger charge is 2.16. The van der Waals surface area contributed by atoms with Crippen molar-refractivity contribution in [2.45, 2.75) is 32.1 Å². The van der Waals surface area contributed by atoms with Crippen LogP contribution in [-0.2, 0) is 11.2 Å². The molecule has 1 heterocycles. The summed E-state index contributed by atoms with van der Waals surface area (Å²) in [6, 6.07) is 6.63. The third-order valence-electron chi connectivity index (χ3n) is 3.42. The molecule has 0 saturated heterocycles. The summed E-state index contributed by atoms with van der Waals surface area (Å²) in [6.07, 6.45) is 3.57. The van der Waals surface area contributed by atoms with Gasteiger partial charge in [0, 0.05) is 25.9 Å². The second-order valence-corrected chi connectivity index (χ2v) is 4.59. The molecule has 1 aliphatic rings. The smallest absolute Gasteiger partial charge is 0.0467 e. The molecular formula is C14H21NO. The van der Waals surface area contributed by atoms with Gasteiger partial charge in [-0.05, 0) is 42.4 Å². The van der Waals surface area contributed by atoms with Gasteiger partial charge in [-0.1, -0.05) is 19.1 Å². The molecule has 0 spiro atoms. The highest BCUT2D eigenvalue weighted by molar-refractivity contribution is 5.57. The fourth-order valence-electron chi connectivity index (χ4n) is 2.45. The van der Waals surface area contributed by atoms with Crippen LogP contribution in [0, 0.1) is 0 Å². The first-order chi connectivity index (χ1) is 7.83. The monoisotopic (exact) mass is 219 g/mol. The maximum Gasteiger partial charge on any atom is 0.0467 e. The summed E-state index contributed by atoms with van der Waals surface area (Å²) in [4.78, 5) is 0. The molecule has 1 atom stereocenters. The molecule has 2 rings (SSSR count). The van der Waals surface area contributed by atoms with Crippen LogP contribution in [0.5, 0.6) is 0 Å². The Morgan fingerprint density at radius 1 is 1.44 bits per heavy atom. The summed E-state index contributed by atoms with van der Waals surface area (Å²) in [5.74, 6) is 0.592. The fraction of sp³-hybridized carbons (Fsp3) is 0.571. The molecule has 0 saturated carbocycles. The molecule has 0 aliphatic carbocycles. The predicted octanol–water partition coefficient (Wildman–Crippen LogP) is 3.18. The molecule has 88 valence electrons. The number of anilines is 1. The number of methoxy groups -OCH3 is 1. The largest absolute Gasteiger partial charge is 0.385 e. The Bertz CT molecular complexity index is 349. The Labute approximate surface area is 98.0 Å². The van der Waals surface area contributed by atoms with E-state index < -0.39 is 0 Å². The highest BCUT2D eigenvalue weighted by atomic mass is 16.5. The van der Waals surface area contributed by atoms with E-state index in [1.807, 2.05) is 0 Å². The first-order valence-corrected chi connectivity index (χ1v) is 6.17. The second-order valence-electron chi connectivity index (χ2n) is 4.59. The number of benzene rings is 1. The molecule has 1 aromatic rings. The van der Waals surface area contributed by atoms with Crippen LogP contribution < -0.4 is 5.32 Å². The van der Waals surface area contributed by atoms with E-state index in [9.17, 15) is 0 Å². The zero-order chi connectivity index (χ0) is 11.4. The number of hydrogen-bond acceptors (Lipinski definition) is 2. The molecule has 16 heavy (non-hydrogen) atoms. The van der Waals surface area contributed by atoms with Gasteiger partial charge in [-0.25, -0.2) is 0 Å². The summed E-state index contributed by atoms with van der Waals surface area (Å²) in [6.45, 7) is 4.25. The van der Waals surface area contributed by atoms with Crippen molar-refractivity contribution in [1.82, 2.24) is 0 Å². The lowest BCUT2D eigenvalue weighted by Gasteiger charge is -2.23. The molecular weight excluding hydrogens is 198 g/mol. The van der Waals surface area contributed by atoms with Crippen molar-refractivity contribution >= 4 is 5.69 Å². The lowest BCUT2D eigenvalue weighted by atomic mass is 9.89. The van der Waals surface area contributed by atoms with E-state index in [4.69, 9.17) is 4.74 Å². The average molecular weight is 219 g/mol. The Kier molecular flexibility index (Phi) is 3.83. The molecule has 0 amide bonds. The van der Waals surface area contributed by atoms with E-state index in [2.05, 4.69) is 30.4 Å². The topological polar surface area (TPSA) is 21.3 Å². The number of fused-ring (bicyclic) bond motifs is 1. The quantitative estimate of drug-likeness (QED) is 0.839. The predicted molar refractivity (Wildman–Crippen MR) is 68.2 cm³/mol. The van der Waals surface area contributed by atoms with Gasteiger partial charge in [0.2, 0.25) is 0 Å². The zero-order valence-corrected chi connectivity index (χ0v) is 10.3. The van der Waals surface area contributed by atoms with E-state index in [0.29, 0.717) is 5.92 Å². The van der Waals surface area contributed by atoms with E-state index in [1.54, 1.807) is 7.11 Å². The maximum absolute atomic E-state index is 5.16. The van der Waals surface area contributed by atoms with Crippen LogP contribution in [0.2, 0.25) is 0 Å². The summed E-state index contributed by atoms with van der Waals surface area (Å²) < 4.78 is 5.16. The van der Waals surface area contributed by atoms with Crippen molar-refractivity contribution < 1.29 is 4.74 Å². The van der Waals surface area contributed by atoms with Crippen molar-refractivity contribution in [2.75, 3.05) is 25.6 Å². The Morgan fingerprint density at radius 2 is 2.31 bits per heavy atom. The highest BCUT2D eigenvalue weighted by Crippen LogP contribution is 2.31. The summed E-state index contributed by atoms with van der Waals surface area (Å²) in [5, 5.41) is 3.48. The van der Waals surface area contributed by atoms with Crippen LogP contribution in [-0.4, -0.2) is 20.3 Å². The Hall–Kier alpha value is -1.02. The Balaban J connectivity index is 2.19. The van der Waals surface area contributed by atoms with E-state index in [0.717, 1.165) is 19.6 Å². The molecule has 1 unspecified atom stereocenters. The van der Waals surface area contributed by atoms with Gasteiger partial charge < -0.3 is 10.1 Å². The molecule has 0 bridgehead atoms.